The van der Waals surface area contributed by atoms with Crippen molar-refractivity contribution in [1.82, 2.24) is 5.32 Å². The van der Waals surface area contributed by atoms with Gasteiger partial charge in [-0.1, -0.05) is 44.2 Å². The second-order valence-electron chi connectivity index (χ2n) is 6.14. The van der Waals surface area contributed by atoms with E-state index in [9.17, 15) is 9.59 Å². The summed E-state index contributed by atoms with van der Waals surface area (Å²) in [5.74, 6) is -0.246. The largest absolute Gasteiger partial charge is 0.480 e. The van der Waals surface area contributed by atoms with Crippen LogP contribution in [-0.2, 0) is 4.79 Å². The minimum Gasteiger partial charge on any atom is -0.480 e. The molecule has 0 aromatic heterocycles. The first kappa shape index (κ1) is 17.9. The maximum absolute atomic E-state index is 12.4. The first-order valence-corrected chi connectivity index (χ1v) is 9.22. The van der Waals surface area contributed by atoms with Gasteiger partial charge in [0, 0.05) is 11.4 Å². The number of thioether (sulfide) groups is 1. The summed E-state index contributed by atoms with van der Waals surface area (Å²) in [6.45, 7) is 2.32. The molecule has 126 valence electrons. The van der Waals surface area contributed by atoms with Gasteiger partial charge < -0.3 is 10.4 Å². The number of hydrogen-bond donors (Lipinski definition) is 2. The molecular weight excluding hydrogens is 310 g/mol. The van der Waals surface area contributed by atoms with Crippen LogP contribution in [-0.4, -0.2) is 28.8 Å². The summed E-state index contributed by atoms with van der Waals surface area (Å²) in [7, 11) is 0. The van der Waals surface area contributed by atoms with E-state index in [-0.39, 0.29) is 5.91 Å². The van der Waals surface area contributed by atoms with Crippen LogP contribution in [0.5, 0.6) is 0 Å². The van der Waals surface area contributed by atoms with E-state index in [1.54, 1.807) is 19.1 Å². The van der Waals surface area contributed by atoms with Crippen LogP contribution in [0.15, 0.2) is 29.2 Å². The number of aliphatic carboxylic acids is 1. The minimum atomic E-state index is -0.873. The zero-order valence-corrected chi connectivity index (χ0v) is 14.4. The fourth-order valence-electron chi connectivity index (χ4n) is 2.96. The fraction of sp³-hybridized carbons (Fsp3) is 0.556. The van der Waals surface area contributed by atoms with E-state index in [2.05, 4.69) is 5.32 Å². The van der Waals surface area contributed by atoms with Gasteiger partial charge in [0.15, 0.2) is 0 Å². The quantitative estimate of drug-likeness (QED) is 0.740. The molecular formula is C18H25NO3S. The molecule has 1 saturated carbocycles. The topological polar surface area (TPSA) is 66.4 Å². The van der Waals surface area contributed by atoms with Crippen LogP contribution in [0, 0.1) is 5.92 Å². The molecule has 2 rings (SSSR count). The van der Waals surface area contributed by atoms with E-state index in [1.165, 1.54) is 43.9 Å². The predicted molar refractivity (Wildman–Crippen MR) is 92.9 cm³/mol. The molecule has 0 bridgehead atoms. The second kappa shape index (κ2) is 8.96. The van der Waals surface area contributed by atoms with Gasteiger partial charge in [0.25, 0.3) is 5.91 Å². The van der Waals surface area contributed by atoms with E-state index in [0.717, 1.165) is 17.2 Å². The third-order valence-electron chi connectivity index (χ3n) is 4.35. The standard InChI is InChI=1S/C18H25NO3S/c1-13(18(21)22)23-16-10-6-5-9-15(16)17(20)19-12-11-14-7-3-2-4-8-14/h5-6,9-10,13-14H,2-4,7-8,11-12H2,1H3,(H,19,20)(H,21,22). The first-order valence-electron chi connectivity index (χ1n) is 8.34. The van der Waals surface area contributed by atoms with Crippen molar-refractivity contribution in [2.45, 2.75) is 55.6 Å². The summed E-state index contributed by atoms with van der Waals surface area (Å²) < 4.78 is 0. The number of carbonyl (C=O) groups excluding carboxylic acids is 1. The molecule has 1 aliphatic carbocycles. The highest BCUT2D eigenvalue weighted by Gasteiger charge is 2.18. The van der Waals surface area contributed by atoms with Gasteiger partial charge in [-0.15, -0.1) is 11.8 Å². The lowest BCUT2D eigenvalue weighted by atomic mass is 9.87. The molecule has 1 aromatic carbocycles. The van der Waals surface area contributed by atoms with Gasteiger partial charge in [-0.25, -0.2) is 0 Å². The monoisotopic (exact) mass is 335 g/mol. The van der Waals surface area contributed by atoms with Crippen LogP contribution >= 0.6 is 11.8 Å². The van der Waals surface area contributed by atoms with Gasteiger partial charge in [-0.2, -0.15) is 0 Å². The summed E-state index contributed by atoms with van der Waals surface area (Å²) in [4.78, 5) is 24.1. The lowest BCUT2D eigenvalue weighted by Crippen LogP contribution is -2.27. The van der Waals surface area contributed by atoms with Crippen LogP contribution in [0.3, 0.4) is 0 Å². The number of benzene rings is 1. The van der Waals surface area contributed by atoms with Gasteiger partial charge in [-0.05, 0) is 31.4 Å². The average Bonchev–Trinajstić information content (AvgIpc) is 2.56. The van der Waals surface area contributed by atoms with Gasteiger partial charge in [0.2, 0.25) is 0 Å². The number of nitrogens with one attached hydrogen (secondary N) is 1. The third-order valence-corrected chi connectivity index (χ3v) is 5.51. The van der Waals surface area contributed by atoms with Crippen molar-refractivity contribution >= 4 is 23.6 Å². The van der Waals surface area contributed by atoms with E-state index < -0.39 is 11.2 Å². The lowest BCUT2D eigenvalue weighted by molar-refractivity contribution is -0.136. The molecule has 4 nitrogen and oxygen atoms in total. The Morgan fingerprint density at radius 2 is 1.96 bits per heavy atom. The maximum Gasteiger partial charge on any atom is 0.316 e. The lowest BCUT2D eigenvalue weighted by Gasteiger charge is -2.21. The highest BCUT2D eigenvalue weighted by atomic mass is 32.2. The molecule has 1 aliphatic rings. The minimum absolute atomic E-state index is 0.110. The maximum atomic E-state index is 12.4. The van der Waals surface area contributed by atoms with Crippen molar-refractivity contribution in [2.75, 3.05) is 6.54 Å². The summed E-state index contributed by atoms with van der Waals surface area (Å²) >= 11 is 1.21. The van der Waals surface area contributed by atoms with Crippen LogP contribution < -0.4 is 5.32 Å². The third kappa shape index (κ3) is 5.57. The zero-order chi connectivity index (χ0) is 16.7. The van der Waals surface area contributed by atoms with E-state index in [1.807, 2.05) is 12.1 Å². The fourth-order valence-corrected chi connectivity index (χ4v) is 3.89. The molecule has 1 aromatic rings. The Bertz CT molecular complexity index is 541. The molecule has 5 heteroatoms. The van der Waals surface area contributed by atoms with E-state index in [0.29, 0.717) is 12.1 Å². The number of rotatable bonds is 7. The Hall–Kier alpha value is -1.49. The molecule has 1 unspecified atom stereocenters. The second-order valence-corrected chi connectivity index (χ2v) is 7.53. The van der Waals surface area contributed by atoms with E-state index >= 15 is 0 Å². The normalized spacial score (nSPS) is 16.7. The molecule has 23 heavy (non-hydrogen) atoms. The SMILES string of the molecule is CC(Sc1ccccc1C(=O)NCCC1CCCCC1)C(=O)O. The molecule has 0 heterocycles. The van der Waals surface area contributed by atoms with Crippen molar-refractivity contribution in [3.8, 4) is 0 Å². The van der Waals surface area contributed by atoms with Crippen LogP contribution in [0.2, 0.25) is 0 Å². The molecule has 1 amide bonds. The molecule has 1 fully saturated rings. The number of carboxylic acids is 1. The van der Waals surface area contributed by atoms with Gasteiger partial charge in [0.1, 0.15) is 5.25 Å². The summed E-state index contributed by atoms with van der Waals surface area (Å²) in [5.41, 5.74) is 0.564. The van der Waals surface area contributed by atoms with Crippen molar-refractivity contribution in [2.24, 2.45) is 5.92 Å². The van der Waals surface area contributed by atoms with Gasteiger partial charge >= 0.3 is 5.97 Å². The Kier molecular flexibility index (Phi) is 6.96. The average molecular weight is 335 g/mol. The number of amides is 1. The zero-order valence-electron chi connectivity index (χ0n) is 13.6. The van der Waals surface area contributed by atoms with Gasteiger partial charge in [-0.3, -0.25) is 9.59 Å². The van der Waals surface area contributed by atoms with Crippen molar-refractivity contribution in [3.05, 3.63) is 29.8 Å². The highest BCUT2D eigenvalue weighted by Crippen LogP contribution is 2.28. The molecule has 0 aliphatic heterocycles. The Morgan fingerprint density at radius 1 is 1.26 bits per heavy atom. The predicted octanol–water partition coefficient (Wildman–Crippen LogP) is 3.95. The van der Waals surface area contributed by atoms with Gasteiger partial charge in [0.05, 0.1) is 5.56 Å². The number of carbonyl (C=O) groups is 2. The summed E-state index contributed by atoms with van der Waals surface area (Å²) in [6, 6.07) is 7.20. The molecule has 0 radical (unpaired) electrons. The Morgan fingerprint density at radius 3 is 2.65 bits per heavy atom. The molecule has 0 spiro atoms. The van der Waals surface area contributed by atoms with Crippen LogP contribution in [0.25, 0.3) is 0 Å². The Balaban J connectivity index is 1.89. The summed E-state index contributed by atoms with van der Waals surface area (Å²) in [6.07, 6.45) is 7.55. The van der Waals surface area contributed by atoms with Crippen LogP contribution in [0.4, 0.5) is 0 Å². The number of carboxylic acid groups (broad SMARTS) is 1. The summed E-state index contributed by atoms with van der Waals surface area (Å²) in [5, 5.41) is 11.4. The van der Waals surface area contributed by atoms with Crippen molar-refractivity contribution in [1.29, 1.82) is 0 Å². The Labute approximate surface area is 142 Å². The highest BCUT2D eigenvalue weighted by molar-refractivity contribution is 8.00. The van der Waals surface area contributed by atoms with Crippen molar-refractivity contribution < 1.29 is 14.7 Å². The van der Waals surface area contributed by atoms with Crippen molar-refractivity contribution in [3.63, 3.8) is 0 Å². The van der Waals surface area contributed by atoms with Crippen LogP contribution in [0.1, 0.15) is 55.8 Å². The molecule has 2 N–H and O–H groups in total. The van der Waals surface area contributed by atoms with E-state index in [4.69, 9.17) is 5.11 Å². The molecule has 0 saturated heterocycles. The first-order chi connectivity index (χ1) is 11.1. The number of hydrogen-bond acceptors (Lipinski definition) is 3. The smallest absolute Gasteiger partial charge is 0.316 e. The molecule has 1 atom stereocenters.